The molecule has 1 aromatic carbocycles. The van der Waals surface area contributed by atoms with Gasteiger partial charge in [-0.3, -0.25) is 4.79 Å². The molecule has 9 nitrogen and oxygen atoms in total. The number of hydrogen-bond acceptors (Lipinski definition) is 6. The Morgan fingerprint density at radius 3 is 2.63 bits per heavy atom. The van der Waals surface area contributed by atoms with Crippen LogP contribution in [-0.4, -0.2) is 68.7 Å². The van der Waals surface area contributed by atoms with E-state index in [2.05, 4.69) is 38.5 Å². The molecule has 0 radical (unpaired) electrons. The molecule has 0 unspecified atom stereocenters. The number of piperidine rings is 1. The van der Waals surface area contributed by atoms with Gasteiger partial charge in [0.15, 0.2) is 5.82 Å². The zero-order valence-electron chi connectivity index (χ0n) is 23.5. The summed E-state index contributed by atoms with van der Waals surface area (Å²) in [6.07, 6.45) is 14.3. The summed E-state index contributed by atoms with van der Waals surface area (Å²) in [6, 6.07) is 12.5. The summed E-state index contributed by atoms with van der Waals surface area (Å²) in [5.74, 6) is 0.960. The van der Waals surface area contributed by atoms with Gasteiger partial charge in [0, 0.05) is 48.8 Å². The first-order chi connectivity index (χ1) is 20.1. The van der Waals surface area contributed by atoms with E-state index in [-0.39, 0.29) is 11.8 Å². The highest BCUT2D eigenvalue weighted by Crippen LogP contribution is 2.36. The number of benzene rings is 1. The number of fused-ring (bicyclic) bond motifs is 1. The molecule has 212 valence electrons. The summed E-state index contributed by atoms with van der Waals surface area (Å²) in [5, 5.41) is 15.4. The number of hydrogen-bond donors (Lipinski definition) is 3. The Kier molecular flexibility index (Phi) is 8.07. The van der Waals surface area contributed by atoms with E-state index in [0.29, 0.717) is 18.0 Å². The van der Waals surface area contributed by atoms with Crippen LogP contribution >= 0.6 is 0 Å². The number of aromatic nitrogens is 3. The van der Waals surface area contributed by atoms with E-state index in [1.54, 1.807) is 0 Å². The van der Waals surface area contributed by atoms with Crippen molar-refractivity contribution in [2.24, 2.45) is 0 Å². The predicted molar refractivity (Wildman–Crippen MR) is 161 cm³/mol. The second-order valence-corrected chi connectivity index (χ2v) is 11.2. The molecule has 3 aromatic rings. The van der Waals surface area contributed by atoms with Gasteiger partial charge in [-0.25, -0.2) is 9.50 Å². The van der Waals surface area contributed by atoms with Gasteiger partial charge in [0.1, 0.15) is 24.6 Å². The molecular weight excluding hydrogens is 512 g/mol. The van der Waals surface area contributed by atoms with Crippen LogP contribution in [0.15, 0.2) is 72.7 Å². The molecule has 0 atom stereocenters. The number of nitrogens with zero attached hydrogens (tertiary/aromatic N) is 5. The Morgan fingerprint density at radius 2 is 1.88 bits per heavy atom. The number of likely N-dealkylation sites (tertiary alicyclic amines) is 2. The number of quaternary nitrogens is 1. The lowest BCUT2D eigenvalue weighted by Crippen LogP contribution is -2.76. The molecule has 5 N–H and O–H groups in total. The number of rotatable bonds is 8. The normalized spacial score (nSPS) is 19.4. The second-order valence-electron chi connectivity index (χ2n) is 11.2. The number of nitrogens with two attached hydrogens (primary N) is 2. The van der Waals surface area contributed by atoms with E-state index in [1.807, 2.05) is 52.0 Å². The minimum atomic E-state index is 0.267. The molecule has 6 rings (SSSR count). The highest BCUT2D eigenvalue weighted by Gasteiger charge is 2.28. The van der Waals surface area contributed by atoms with E-state index in [0.717, 1.165) is 80.0 Å². The van der Waals surface area contributed by atoms with E-state index in [1.165, 1.54) is 24.7 Å². The Hall–Kier alpha value is -4.08. The van der Waals surface area contributed by atoms with Gasteiger partial charge in [-0.1, -0.05) is 36.4 Å². The van der Waals surface area contributed by atoms with Crippen molar-refractivity contribution in [1.29, 1.82) is 5.41 Å². The van der Waals surface area contributed by atoms with Crippen molar-refractivity contribution in [3.8, 4) is 0 Å². The predicted octanol–water partition coefficient (Wildman–Crippen LogP) is 3.12. The highest BCUT2D eigenvalue weighted by molar-refractivity contribution is 6.15. The van der Waals surface area contributed by atoms with Crippen LogP contribution in [-0.2, 0) is 11.3 Å². The first-order valence-corrected chi connectivity index (χ1v) is 14.8. The van der Waals surface area contributed by atoms with Gasteiger partial charge in [0.05, 0.1) is 11.3 Å². The van der Waals surface area contributed by atoms with Crippen molar-refractivity contribution in [2.45, 2.75) is 44.6 Å². The van der Waals surface area contributed by atoms with Crippen molar-refractivity contribution in [2.75, 3.05) is 38.5 Å². The summed E-state index contributed by atoms with van der Waals surface area (Å²) in [5.41, 5.74) is 12.7. The quantitative estimate of drug-likeness (QED) is 0.397. The number of carbonyl (C=O) groups excluding carboxylic acids is 1. The maximum atomic E-state index is 12.9. The standard InChI is InChI=1S/C32H38N8O/c33-28-18-25(8-9-26(28)21-35-20-23-6-2-1-3-7-23)27-19-29(40-31(27)32(34)36-22-37-40)24-10-16-39(17-11-24)30(41)12-15-38-13-4-5-14-38/h1-3,6-9,18-19,21-22,24,33,35H,4-5,10-17,20H2,(H2,34,36,37)/p+1/b26-21-,33-28?. The monoisotopic (exact) mass is 551 g/mol. The van der Waals surface area contributed by atoms with Crippen LogP contribution in [0, 0.1) is 5.41 Å². The minimum absolute atomic E-state index is 0.267. The van der Waals surface area contributed by atoms with Gasteiger partial charge in [0.25, 0.3) is 0 Å². The Bertz CT molecular complexity index is 1510. The first-order valence-electron chi connectivity index (χ1n) is 14.8. The number of anilines is 1. The molecule has 0 bridgehead atoms. The maximum Gasteiger partial charge on any atom is 0.223 e. The van der Waals surface area contributed by atoms with E-state index in [9.17, 15) is 4.79 Å². The lowest BCUT2D eigenvalue weighted by Gasteiger charge is -2.32. The van der Waals surface area contributed by atoms with Crippen LogP contribution in [0.2, 0.25) is 0 Å². The average Bonchev–Trinajstić information content (AvgIpc) is 3.66. The Morgan fingerprint density at radius 1 is 1.10 bits per heavy atom. The fourth-order valence-electron chi connectivity index (χ4n) is 6.25. The largest absolute Gasteiger partial charge is 0.382 e. The molecule has 2 aliphatic heterocycles. The van der Waals surface area contributed by atoms with Crippen molar-refractivity contribution in [1.82, 2.24) is 24.4 Å². The highest BCUT2D eigenvalue weighted by atomic mass is 16.2. The number of allylic oxidation sites excluding steroid dienone is 5. The SMILES string of the molecule is N=C1C=C(c2cc(C3CCN(C(=O)CCN4CCCC4)CC3)n3ncnc(N)c23)C=C/C1=C/[NH2+]Cc1ccccc1. The summed E-state index contributed by atoms with van der Waals surface area (Å²) >= 11 is 0. The van der Waals surface area contributed by atoms with Crippen LogP contribution in [0.25, 0.3) is 11.1 Å². The van der Waals surface area contributed by atoms with Crippen molar-refractivity contribution in [3.05, 3.63) is 89.5 Å². The lowest BCUT2D eigenvalue weighted by atomic mass is 9.92. The van der Waals surface area contributed by atoms with Gasteiger partial charge in [0.2, 0.25) is 5.91 Å². The minimum Gasteiger partial charge on any atom is -0.382 e. The smallest absolute Gasteiger partial charge is 0.223 e. The third-order valence-electron chi connectivity index (χ3n) is 8.57. The second kappa shape index (κ2) is 12.2. The molecule has 2 fully saturated rings. The summed E-state index contributed by atoms with van der Waals surface area (Å²) in [7, 11) is 0. The molecular formula is C32H39N8O+. The average molecular weight is 552 g/mol. The summed E-state index contributed by atoms with van der Waals surface area (Å²) < 4.78 is 1.92. The van der Waals surface area contributed by atoms with Crippen LogP contribution < -0.4 is 11.1 Å². The molecule has 0 spiro atoms. The molecule has 41 heavy (non-hydrogen) atoms. The zero-order valence-corrected chi connectivity index (χ0v) is 23.5. The fourth-order valence-corrected chi connectivity index (χ4v) is 6.25. The third-order valence-corrected chi connectivity index (χ3v) is 8.57. The summed E-state index contributed by atoms with van der Waals surface area (Å²) in [4.78, 5) is 21.6. The number of nitrogen functional groups attached to an aromatic ring is 1. The zero-order chi connectivity index (χ0) is 28.2. The van der Waals surface area contributed by atoms with Crippen LogP contribution in [0.5, 0.6) is 0 Å². The Balaban J connectivity index is 1.15. The maximum absolute atomic E-state index is 12.9. The molecule has 3 aliphatic rings. The number of nitrogens with one attached hydrogen (secondary N) is 1. The molecule has 1 aliphatic carbocycles. The van der Waals surface area contributed by atoms with Gasteiger partial charge >= 0.3 is 0 Å². The number of amides is 1. The van der Waals surface area contributed by atoms with Crippen LogP contribution in [0.3, 0.4) is 0 Å². The molecule has 0 saturated carbocycles. The number of carbonyl (C=O) groups is 1. The molecule has 2 aromatic heterocycles. The first kappa shape index (κ1) is 27.1. The van der Waals surface area contributed by atoms with E-state index < -0.39 is 0 Å². The van der Waals surface area contributed by atoms with E-state index >= 15 is 0 Å². The third kappa shape index (κ3) is 6.01. The van der Waals surface area contributed by atoms with Crippen LogP contribution in [0.4, 0.5) is 5.82 Å². The molecule has 4 heterocycles. The van der Waals surface area contributed by atoms with Crippen molar-refractivity contribution >= 4 is 28.5 Å². The van der Waals surface area contributed by atoms with Crippen molar-refractivity contribution in [3.63, 3.8) is 0 Å². The van der Waals surface area contributed by atoms with Crippen molar-refractivity contribution < 1.29 is 10.1 Å². The molecule has 1 amide bonds. The van der Waals surface area contributed by atoms with E-state index in [4.69, 9.17) is 11.1 Å². The van der Waals surface area contributed by atoms with Gasteiger partial charge in [-0.05, 0) is 62.6 Å². The summed E-state index contributed by atoms with van der Waals surface area (Å²) in [6.45, 7) is 5.47. The van der Waals surface area contributed by atoms with Gasteiger partial charge in [-0.2, -0.15) is 5.10 Å². The lowest BCUT2D eigenvalue weighted by molar-refractivity contribution is -0.605. The van der Waals surface area contributed by atoms with Crippen LogP contribution in [0.1, 0.15) is 54.8 Å². The fraction of sp³-hybridized carbons (Fsp3) is 0.375. The Labute approximate surface area is 240 Å². The molecule has 2 saturated heterocycles. The molecule has 9 heteroatoms. The topological polar surface area (TPSA) is 120 Å². The van der Waals surface area contributed by atoms with Gasteiger partial charge < -0.3 is 26.3 Å². The van der Waals surface area contributed by atoms with Gasteiger partial charge in [-0.15, -0.1) is 0 Å².